The van der Waals surface area contributed by atoms with Crippen LogP contribution in [0.4, 0.5) is 15.3 Å². The average molecular weight is 786 g/mol. The van der Waals surface area contributed by atoms with Gasteiger partial charge in [0.05, 0.1) is 26.0 Å². The van der Waals surface area contributed by atoms with Crippen molar-refractivity contribution in [3.05, 3.63) is 23.8 Å². The number of carbonyl (C=O) groups is 7. The van der Waals surface area contributed by atoms with E-state index in [0.29, 0.717) is 5.56 Å². The summed E-state index contributed by atoms with van der Waals surface area (Å²) in [4.78, 5) is 88.0. The highest BCUT2D eigenvalue weighted by Gasteiger charge is 2.56. The Morgan fingerprint density at radius 3 is 1.95 bits per heavy atom. The number of methoxy groups -OCH3 is 1. The summed E-state index contributed by atoms with van der Waals surface area (Å²) in [5.41, 5.74) is 5.93. The third kappa shape index (κ3) is 15.9. The van der Waals surface area contributed by atoms with Gasteiger partial charge in [-0.1, -0.05) is 6.07 Å². The van der Waals surface area contributed by atoms with Gasteiger partial charge >= 0.3 is 42.0 Å². The highest BCUT2D eigenvalue weighted by Crippen LogP contribution is 2.33. The van der Waals surface area contributed by atoms with Crippen molar-refractivity contribution in [1.82, 2.24) is 9.80 Å². The number of ether oxygens (including phenoxy) is 10. The fraction of sp³-hybridized carbons (Fsp3) is 0.629. The largest absolute Gasteiger partial charge is 0.467 e. The first-order valence-corrected chi connectivity index (χ1v) is 17.1. The molecule has 0 aromatic heterocycles. The Hall–Kier alpha value is -5.37. The van der Waals surface area contributed by atoms with Crippen LogP contribution in [-0.2, 0) is 73.2 Å². The minimum Gasteiger partial charge on any atom is -0.467 e. The molecule has 1 fully saturated rings. The van der Waals surface area contributed by atoms with Crippen LogP contribution in [0.3, 0.4) is 0 Å². The van der Waals surface area contributed by atoms with Crippen LogP contribution in [0.5, 0.6) is 5.75 Å². The summed E-state index contributed by atoms with van der Waals surface area (Å²) >= 11 is 0. The number of nitrogen functional groups attached to an aromatic ring is 1. The van der Waals surface area contributed by atoms with E-state index in [2.05, 4.69) is 0 Å². The third-order valence-corrected chi connectivity index (χ3v) is 7.22. The second-order valence-electron chi connectivity index (χ2n) is 13.1. The number of carbonyl (C=O) groups excluding carboxylic acids is 7. The van der Waals surface area contributed by atoms with Crippen LogP contribution in [-0.4, -0.2) is 142 Å². The zero-order valence-electron chi connectivity index (χ0n) is 32.5. The Kier molecular flexibility index (Phi) is 17.9. The fourth-order valence-electron chi connectivity index (χ4n) is 4.85. The molecular weight excluding hydrogens is 734 g/mol. The van der Waals surface area contributed by atoms with Crippen LogP contribution in [0, 0.1) is 0 Å². The normalized spacial score (nSPS) is 19.2. The number of hydrogen-bond donors (Lipinski definition) is 1. The molecule has 0 saturated carbocycles. The molecule has 1 heterocycles. The molecule has 20 nitrogen and oxygen atoms in total. The number of nitrogens with zero attached hydrogens (tertiary/aromatic N) is 2. The summed E-state index contributed by atoms with van der Waals surface area (Å²) < 4.78 is 53.6. The molecule has 1 aromatic rings. The Morgan fingerprint density at radius 2 is 1.38 bits per heavy atom. The number of likely N-dealkylation sites (N-methyl/N-ethyl adjacent to an activating group) is 1. The number of anilines is 1. The maximum absolute atomic E-state index is 12.8. The molecule has 1 aromatic carbocycles. The molecule has 20 heteroatoms. The van der Waals surface area contributed by atoms with Crippen LogP contribution in [0.2, 0.25) is 0 Å². The van der Waals surface area contributed by atoms with Gasteiger partial charge in [-0.15, -0.1) is 0 Å². The van der Waals surface area contributed by atoms with Gasteiger partial charge in [-0.3, -0.25) is 19.2 Å². The van der Waals surface area contributed by atoms with E-state index < -0.39 is 78.3 Å². The summed E-state index contributed by atoms with van der Waals surface area (Å²) in [6.07, 6.45) is -9.31. The van der Waals surface area contributed by atoms with Crippen LogP contribution in [0.25, 0.3) is 0 Å². The monoisotopic (exact) mass is 785 g/mol. The van der Waals surface area contributed by atoms with Gasteiger partial charge in [0.25, 0.3) is 0 Å². The van der Waals surface area contributed by atoms with Gasteiger partial charge < -0.3 is 62.9 Å². The maximum atomic E-state index is 12.8. The van der Waals surface area contributed by atoms with Crippen LogP contribution in [0.15, 0.2) is 18.2 Å². The van der Waals surface area contributed by atoms with Gasteiger partial charge in [0.1, 0.15) is 24.6 Å². The zero-order valence-corrected chi connectivity index (χ0v) is 32.5. The molecule has 1 aliphatic heterocycles. The predicted octanol–water partition coefficient (Wildman–Crippen LogP) is 1.73. The van der Waals surface area contributed by atoms with E-state index in [1.54, 1.807) is 20.8 Å². The number of hydrogen-bond acceptors (Lipinski definition) is 18. The summed E-state index contributed by atoms with van der Waals surface area (Å²) in [6, 6.07) is 4.34. The van der Waals surface area contributed by atoms with Crippen molar-refractivity contribution in [2.45, 2.75) is 91.4 Å². The quantitative estimate of drug-likeness (QED) is 0.102. The molecule has 0 unspecified atom stereocenters. The molecule has 55 heavy (non-hydrogen) atoms. The zero-order chi connectivity index (χ0) is 41.5. The van der Waals surface area contributed by atoms with Gasteiger partial charge in [0, 0.05) is 54.4 Å². The van der Waals surface area contributed by atoms with Crippen LogP contribution < -0.4 is 10.5 Å². The Morgan fingerprint density at radius 1 is 0.764 bits per heavy atom. The van der Waals surface area contributed by atoms with Crippen molar-refractivity contribution in [3.63, 3.8) is 0 Å². The first-order chi connectivity index (χ1) is 25.7. The molecule has 308 valence electrons. The first kappa shape index (κ1) is 45.8. The van der Waals surface area contributed by atoms with E-state index in [1.165, 1.54) is 42.0 Å². The topological polar surface area (TPSA) is 244 Å². The van der Waals surface area contributed by atoms with E-state index in [9.17, 15) is 33.6 Å². The molecule has 0 bridgehead atoms. The van der Waals surface area contributed by atoms with Gasteiger partial charge in [-0.25, -0.2) is 14.4 Å². The highest BCUT2D eigenvalue weighted by atomic mass is 16.7. The van der Waals surface area contributed by atoms with Crippen LogP contribution in [0.1, 0.15) is 54.0 Å². The standard InChI is InChI=1S/C35H51N3O17/c1-20(39)48-17-16-47-15-14-38(34(45)55-35(5,6)7)13-12-37(8)33(44)49-19-24-10-11-26(25(36)18-24)53-32-30(52-23(4)42)28(51-22(3)41)27(50-21(2)40)29(54-32)31(43)46-9/h10-11,18,27-30,32H,12-17,19,36H2,1-9H3/t27-,28-,29-,30+,32+/m0/s1. The maximum Gasteiger partial charge on any atom is 0.410 e. The second kappa shape index (κ2) is 21.5. The van der Waals surface area contributed by atoms with E-state index in [-0.39, 0.29) is 57.5 Å². The number of esters is 5. The summed E-state index contributed by atoms with van der Waals surface area (Å²) in [5.74, 6) is -4.02. The van der Waals surface area contributed by atoms with Crippen molar-refractivity contribution >= 4 is 47.7 Å². The van der Waals surface area contributed by atoms with Gasteiger partial charge in [0.15, 0.2) is 18.3 Å². The Bertz CT molecular complexity index is 1510. The lowest BCUT2D eigenvalue weighted by molar-refractivity contribution is -0.282. The minimum atomic E-state index is -1.67. The second-order valence-corrected chi connectivity index (χ2v) is 13.1. The van der Waals surface area contributed by atoms with E-state index in [0.717, 1.165) is 27.9 Å². The Labute approximate surface area is 318 Å². The molecule has 2 N–H and O–H groups in total. The fourth-order valence-corrected chi connectivity index (χ4v) is 4.85. The van der Waals surface area contributed by atoms with Crippen molar-refractivity contribution < 1.29 is 80.9 Å². The van der Waals surface area contributed by atoms with E-state index in [4.69, 9.17) is 53.1 Å². The summed E-state index contributed by atoms with van der Waals surface area (Å²) in [5, 5.41) is 0. The van der Waals surface area contributed by atoms with E-state index in [1.807, 2.05) is 0 Å². The molecule has 0 spiro atoms. The average Bonchev–Trinajstić information content (AvgIpc) is 3.07. The lowest BCUT2D eigenvalue weighted by Crippen LogP contribution is -2.64. The molecule has 0 aliphatic carbocycles. The summed E-state index contributed by atoms with van der Waals surface area (Å²) in [7, 11) is 2.54. The van der Waals surface area contributed by atoms with Crippen LogP contribution >= 0.6 is 0 Å². The number of rotatable bonds is 17. The molecule has 2 rings (SSSR count). The lowest BCUT2D eigenvalue weighted by atomic mass is 9.97. The molecular formula is C35H51N3O17. The van der Waals surface area contributed by atoms with Crippen molar-refractivity contribution in [2.24, 2.45) is 0 Å². The molecule has 5 atom stereocenters. The van der Waals surface area contributed by atoms with Crippen molar-refractivity contribution in [3.8, 4) is 5.75 Å². The molecule has 0 radical (unpaired) electrons. The first-order valence-electron chi connectivity index (χ1n) is 17.1. The molecule has 2 amide bonds. The van der Waals surface area contributed by atoms with Gasteiger partial charge in [-0.05, 0) is 38.5 Å². The summed E-state index contributed by atoms with van der Waals surface area (Å²) in [6.45, 7) is 10.0. The van der Waals surface area contributed by atoms with Gasteiger partial charge in [-0.2, -0.15) is 0 Å². The molecule has 1 saturated heterocycles. The predicted molar refractivity (Wildman–Crippen MR) is 187 cm³/mol. The van der Waals surface area contributed by atoms with Crippen molar-refractivity contribution in [1.29, 1.82) is 0 Å². The van der Waals surface area contributed by atoms with Gasteiger partial charge in [0.2, 0.25) is 12.4 Å². The number of amides is 2. The highest BCUT2D eigenvalue weighted by molar-refractivity contribution is 5.77. The minimum absolute atomic E-state index is 0.0101. The van der Waals surface area contributed by atoms with Crippen molar-refractivity contribution in [2.75, 3.05) is 59.3 Å². The smallest absolute Gasteiger partial charge is 0.410 e. The SMILES string of the molecule is COC(=O)[C@H]1O[C@@H](Oc2ccc(COC(=O)N(C)CCN(CCOCCOC(C)=O)C(=O)OC(C)(C)C)cc2N)[C@H](OC(C)=O)[C@@H](OC(C)=O)[C@@H]1OC(C)=O. The third-order valence-electron chi connectivity index (χ3n) is 7.22. The number of benzene rings is 1. The number of nitrogens with two attached hydrogens (primary N) is 1. The Balaban J connectivity index is 2.12. The van der Waals surface area contributed by atoms with E-state index >= 15 is 0 Å². The lowest BCUT2D eigenvalue weighted by Gasteiger charge is -2.43. The molecule has 1 aliphatic rings.